The molecule has 0 aliphatic carbocycles. The number of carbonyl (C=O) groups excluding carboxylic acids is 3. The fourth-order valence-electron chi connectivity index (χ4n) is 3.44. The first kappa shape index (κ1) is 25.6. The molecule has 33 heavy (non-hydrogen) atoms. The van der Waals surface area contributed by atoms with Crippen LogP contribution < -0.4 is 16.3 Å². The highest BCUT2D eigenvalue weighted by molar-refractivity contribution is 5.95. The molecule has 0 spiro atoms. The zero-order chi connectivity index (χ0) is 24.9. The lowest BCUT2D eigenvalue weighted by Gasteiger charge is -2.24. The smallest absolute Gasteiger partial charge is 0.340 e. The molecule has 2 atom stereocenters. The number of hydrogen-bond acceptors (Lipinski definition) is 7. The van der Waals surface area contributed by atoms with Crippen LogP contribution in [0.1, 0.15) is 44.7 Å². The van der Waals surface area contributed by atoms with E-state index in [1.165, 1.54) is 12.1 Å². The third-order valence-electron chi connectivity index (χ3n) is 5.31. The number of aryl methyl sites for hydroxylation is 1. The molecule has 1 heterocycles. The van der Waals surface area contributed by atoms with Crippen molar-refractivity contribution in [2.24, 2.45) is 5.92 Å². The molecule has 1 unspecified atom stereocenters. The molecule has 4 N–H and O–H groups in total. The number of ketones is 1. The number of carbonyl (C=O) groups is 4. The fraction of sp³-hybridized carbons (Fsp3) is 0.435. The highest BCUT2D eigenvalue weighted by Gasteiger charge is 2.29. The van der Waals surface area contributed by atoms with Crippen molar-refractivity contribution >= 4 is 34.5 Å². The van der Waals surface area contributed by atoms with Gasteiger partial charge < -0.3 is 25.3 Å². The minimum Gasteiger partial charge on any atom is -0.508 e. The Morgan fingerprint density at radius 2 is 1.79 bits per heavy atom. The highest BCUT2D eigenvalue weighted by atomic mass is 16.4. The van der Waals surface area contributed by atoms with Crippen LogP contribution in [-0.2, 0) is 25.6 Å². The zero-order valence-electron chi connectivity index (χ0n) is 18.9. The van der Waals surface area contributed by atoms with Gasteiger partial charge in [0.05, 0.1) is 24.4 Å². The molecule has 0 fully saturated rings. The second-order valence-corrected chi connectivity index (χ2v) is 8.12. The van der Waals surface area contributed by atoms with Gasteiger partial charge in [0.15, 0.2) is 5.78 Å². The molecule has 0 radical (unpaired) electrons. The Labute approximate surface area is 190 Å². The Balaban J connectivity index is 2.21. The summed E-state index contributed by atoms with van der Waals surface area (Å²) < 4.78 is 5.22. The average Bonchev–Trinajstić information content (AvgIpc) is 2.72. The molecule has 10 heteroatoms. The van der Waals surface area contributed by atoms with E-state index in [0.717, 1.165) is 0 Å². The van der Waals surface area contributed by atoms with E-state index in [1.807, 2.05) is 0 Å². The summed E-state index contributed by atoms with van der Waals surface area (Å²) in [6.45, 7) is 6.57. The summed E-state index contributed by atoms with van der Waals surface area (Å²) in [7, 11) is 0. The highest BCUT2D eigenvalue weighted by Crippen LogP contribution is 2.23. The normalized spacial score (nSPS) is 12.9. The lowest BCUT2D eigenvalue weighted by molar-refractivity contribution is -0.140. The molecular weight excluding hydrogens is 432 g/mol. The van der Waals surface area contributed by atoms with Crippen molar-refractivity contribution in [3.63, 3.8) is 0 Å². The van der Waals surface area contributed by atoms with Gasteiger partial charge in [0, 0.05) is 17.9 Å². The number of aliphatic carboxylic acids is 1. The molecule has 2 amide bonds. The van der Waals surface area contributed by atoms with Crippen LogP contribution in [0.15, 0.2) is 27.4 Å². The van der Waals surface area contributed by atoms with Gasteiger partial charge in [-0.2, -0.15) is 0 Å². The third kappa shape index (κ3) is 6.41. The van der Waals surface area contributed by atoms with Crippen LogP contribution in [0, 0.1) is 12.8 Å². The molecule has 0 aliphatic heterocycles. The number of aromatic hydroxyl groups is 1. The standard InChI is InChI=1S/C23H28N2O8/c1-5-17(27)16(10-20(29)30)24-22(31)21(11(2)3)25-19(28)9-15-12(4)14-7-6-13(26)8-18(14)33-23(15)32/h6-8,11,16,21,26H,5,9-10H2,1-4H3,(H,24,31)(H,25,28)(H,29,30)/t16?,21-/m0/s1. The monoisotopic (exact) mass is 460 g/mol. The number of nitrogens with one attached hydrogen (secondary N) is 2. The molecular formula is C23H28N2O8. The Kier molecular flexibility index (Phi) is 8.33. The van der Waals surface area contributed by atoms with E-state index in [0.29, 0.717) is 10.9 Å². The van der Waals surface area contributed by atoms with E-state index >= 15 is 0 Å². The maximum atomic E-state index is 12.8. The van der Waals surface area contributed by atoms with Gasteiger partial charge >= 0.3 is 11.6 Å². The van der Waals surface area contributed by atoms with Gasteiger partial charge in [0.1, 0.15) is 17.4 Å². The fourth-order valence-corrected chi connectivity index (χ4v) is 3.44. The first-order valence-corrected chi connectivity index (χ1v) is 10.5. The van der Waals surface area contributed by atoms with Crippen molar-refractivity contribution < 1.29 is 33.8 Å². The van der Waals surface area contributed by atoms with E-state index in [2.05, 4.69) is 10.6 Å². The summed E-state index contributed by atoms with van der Waals surface area (Å²) >= 11 is 0. The van der Waals surface area contributed by atoms with Crippen molar-refractivity contribution in [1.82, 2.24) is 10.6 Å². The molecule has 0 saturated heterocycles. The van der Waals surface area contributed by atoms with Gasteiger partial charge in [0.25, 0.3) is 0 Å². The lowest BCUT2D eigenvalue weighted by atomic mass is 10.00. The summed E-state index contributed by atoms with van der Waals surface area (Å²) in [5, 5.41) is 24.1. The maximum absolute atomic E-state index is 12.8. The molecule has 178 valence electrons. The zero-order valence-corrected chi connectivity index (χ0v) is 18.9. The maximum Gasteiger partial charge on any atom is 0.340 e. The number of carboxylic acid groups (broad SMARTS) is 1. The van der Waals surface area contributed by atoms with Crippen molar-refractivity contribution in [1.29, 1.82) is 0 Å². The lowest BCUT2D eigenvalue weighted by Crippen LogP contribution is -2.54. The van der Waals surface area contributed by atoms with E-state index in [4.69, 9.17) is 9.52 Å². The quantitative estimate of drug-likeness (QED) is 0.387. The summed E-state index contributed by atoms with van der Waals surface area (Å²) in [6, 6.07) is 2.05. The van der Waals surface area contributed by atoms with Crippen molar-refractivity contribution in [3.05, 3.63) is 39.7 Å². The first-order valence-electron chi connectivity index (χ1n) is 10.5. The summed E-state index contributed by atoms with van der Waals surface area (Å²) in [6.07, 6.45) is -0.871. The van der Waals surface area contributed by atoms with Crippen molar-refractivity contribution in [2.45, 2.75) is 59.0 Å². The van der Waals surface area contributed by atoms with Crippen LogP contribution in [0.3, 0.4) is 0 Å². The van der Waals surface area contributed by atoms with Gasteiger partial charge in [-0.05, 0) is 30.5 Å². The third-order valence-corrected chi connectivity index (χ3v) is 5.31. The van der Waals surface area contributed by atoms with Crippen LogP contribution in [0.4, 0.5) is 0 Å². The van der Waals surface area contributed by atoms with Gasteiger partial charge in [0.2, 0.25) is 11.8 Å². The molecule has 10 nitrogen and oxygen atoms in total. The van der Waals surface area contributed by atoms with Crippen LogP contribution in [-0.4, -0.2) is 45.9 Å². The van der Waals surface area contributed by atoms with Gasteiger partial charge in [-0.3, -0.25) is 19.2 Å². The number of carboxylic acids is 1. The van der Waals surface area contributed by atoms with E-state index in [-0.39, 0.29) is 35.7 Å². The van der Waals surface area contributed by atoms with E-state index in [9.17, 15) is 29.1 Å². The Morgan fingerprint density at radius 1 is 1.12 bits per heavy atom. The Morgan fingerprint density at radius 3 is 2.36 bits per heavy atom. The molecule has 2 aromatic rings. The minimum absolute atomic E-state index is 0.0473. The van der Waals surface area contributed by atoms with Crippen LogP contribution in [0.25, 0.3) is 11.0 Å². The topological polar surface area (TPSA) is 163 Å². The Bertz CT molecular complexity index is 1140. The predicted octanol–water partition coefficient (Wildman–Crippen LogP) is 1.43. The van der Waals surface area contributed by atoms with E-state index in [1.54, 1.807) is 33.8 Å². The van der Waals surface area contributed by atoms with E-state index < -0.39 is 47.7 Å². The summed E-state index contributed by atoms with van der Waals surface area (Å²) in [5.74, 6) is -3.43. The molecule has 0 bridgehead atoms. The Hall–Kier alpha value is -3.69. The molecule has 2 rings (SSSR count). The average molecular weight is 460 g/mol. The van der Waals surface area contributed by atoms with Gasteiger partial charge in [-0.1, -0.05) is 20.8 Å². The number of hydrogen-bond donors (Lipinski definition) is 4. The SMILES string of the molecule is CCC(=O)C(CC(=O)O)NC(=O)[C@@H](NC(=O)Cc1c(C)c2ccc(O)cc2oc1=O)C(C)C. The van der Waals surface area contributed by atoms with Crippen molar-refractivity contribution in [2.75, 3.05) is 0 Å². The summed E-state index contributed by atoms with van der Waals surface area (Å²) in [4.78, 5) is 60.9. The predicted molar refractivity (Wildman–Crippen MR) is 119 cm³/mol. The number of Topliss-reactive ketones (excluding diaryl/α,β-unsaturated/α-hetero) is 1. The molecule has 1 aromatic heterocycles. The van der Waals surface area contributed by atoms with Crippen molar-refractivity contribution in [3.8, 4) is 5.75 Å². The molecule has 0 saturated carbocycles. The second-order valence-electron chi connectivity index (χ2n) is 8.12. The van der Waals surface area contributed by atoms with Crippen LogP contribution in [0.5, 0.6) is 5.75 Å². The number of benzene rings is 1. The van der Waals surface area contributed by atoms with Crippen LogP contribution >= 0.6 is 0 Å². The largest absolute Gasteiger partial charge is 0.508 e. The molecule has 0 aliphatic rings. The first-order chi connectivity index (χ1) is 15.4. The number of rotatable bonds is 10. The molecule has 1 aromatic carbocycles. The number of fused-ring (bicyclic) bond motifs is 1. The van der Waals surface area contributed by atoms with Gasteiger partial charge in [-0.25, -0.2) is 4.79 Å². The summed E-state index contributed by atoms with van der Waals surface area (Å²) in [5.41, 5.74) is 0.0723. The number of phenolic OH excluding ortho intramolecular Hbond substituents is 1. The van der Waals surface area contributed by atoms with Crippen LogP contribution in [0.2, 0.25) is 0 Å². The van der Waals surface area contributed by atoms with Gasteiger partial charge in [-0.15, -0.1) is 0 Å². The second kappa shape index (κ2) is 10.8. The number of amides is 2. The minimum atomic E-state index is -1.24. The number of phenols is 1.